The Bertz CT molecular complexity index is 539. The quantitative estimate of drug-likeness (QED) is 0.645. The monoisotopic (exact) mass is 324 g/mol. The summed E-state index contributed by atoms with van der Waals surface area (Å²) in [5.41, 5.74) is 6.96. The molecule has 6 heteroatoms. The van der Waals surface area contributed by atoms with Crippen LogP contribution < -0.4 is 15.8 Å². The van der Waals surface area contributed by atoms with Gasteiger partial charge in [0.1, 0.15) is 5.75 Å². The third kappa shape index (κ3) is 3.84. The molecule has 1 fully saturated rings. The topological polar surface area (TPSA) is 62.9 Å². The van der Waals surface area contributed by atoms with Crippen LogP contribution in [0.5, 0.6) is 5.75 Å². The van der Waals surface area contributed by atoms with Gasteiger partial charge >= 0.3 is 0 Å². The van der Waals surface area contributed by atoms with Gasteiger partial charge in [-0.05, 0) is 45.1 Å². The normalized spacial score (nSPS) is 17.8. The Kier molecular flexibility index (Phi) is 5.53. The molecule has 0 aromatic heterocycles. The van der Waals surface area contributed by atoms with Crippen LogP contribution in [0.2, 0.25) is 5.02 Å². The lowest BCUT2D eigenvalue weighted by Gasteiger charge is -2.34. The average Bonchev–Trinajstić information content (AvgIpc) is 2.96. The molecule has 0 spiro atoms. The van der Waals surface area contributed by atoms with E-state index in [-0.39, 0.29) is 5.54 Å². The van der Waals surface area contributed by atoms with E-state index < -0.39 is 0 Å². The highest BCUT2D eigenvalue weighted by atomic mass is 35.5. The zero-order valence-corrected chi connectivity index (χ0v) is 14.3. The van der Waals surface area contributed by atoms with Gasteiger partial charge in [0, 0.05) is 11.2 Å². The summed E-state index contributed by atoms with van der Waals surface area (Å²) < 4.78 is 5.13. The molecule has 1 saturated carbocycles. The van der Waals surface area contributed by atoms with Crippen molar-refractivity contribution in [2.75, 3.05) is 33.1 Å². The molecule has 0 heterocycles. The van der Waals surface area contributed by atoms with Crippen LogP contribution in [0.25, 0.3) is 0 Å². The number of nitrogens with one attached hydrogen (secondary N) is 1. The lowest BCUT2D eigenvalue weighted by molar-refractivity contribution is 0.167. The van der Waals surface area contributed by atoms with Crippen molar-refractivity contribution in [2.24, 2.45) is 10.7 Å². The number of hydrogen-bond acceptors (Lipinski definition) is 3. The third-order valence-electron chi connectivity index (χ3n) is 4.45. The summed E-state index contributed by atoms with van der Waals surface area (Å²) in [6.07, 6.45) is 4.86. The van der Waals surface area contributed by atoms with Crippen LogP contribution in [0.4, 0.5) is 5.69 Å². The number of benzene rings is 1. The predicted octanol–water partition coefficient (Wildman–Crippen LogP) is 2.95. The molecule has 0 radical (unpaired) electrons. The summed E-state index contributed by atoms with van der Waals surface area (Å²) in [5, 5.41) is 3.63. The van der Waals surface area contributed by atoms with Gasteiger partial charge in [-0.3, -0.25) is 4.99 Å². The highest BCUT2D eigenvalue weighted by Crippen LogP contribution is 2.34. The number of likely N-dealkylation sites (N-methyl/N-ethyl adjacent to an activating group) is 1. The SMILES string of the molecule is COc1ccc(NC(N)=NCC2(N(C)C)CCCC2)cc1Cl. The fourth-order valence-corrected chi connectivity index (χ4v) is 3.20. The highest BCUT2D eigenvalue weighted by Gasteiger charge is 2.35. The molecule has 0 saturated heterocycles. The molecular formula is C16H25ClN4O. The van der Waals surface area contributed by atoms with Gasteiger partial charge in [0.15, 0.2) is 5.96 Å². The minimum Gasteiger partial charge on any atom is -0.495 e. The van der Waals surface area contributed by atoms with Crippen molar-refractivity contribution >= 4 is 23.2 Å². The molecule has 0 atom stereocenters. The minimum atomic E-state index is 0.143. The molecule has 22 heavy (non-hydrogen) atoms. The van der Waals surface area contributed by atoms with E-state index in [4.69, 9.17) is 22.1 Å². The Labute approximate surface area is 137 Å². The van der Waals surface area contributed by atoms with Gasteiger partial charge in [0.05, 0.1) is 18.7 Å². The second-order valence-electron chi connectivity index (χ2n) is 6.00. The van der Waals surface area contributed by atoms with Crippen molar-refractivity contribution in [1.82, 2.24) is 4.90 Å². The number of aliphatic imine (C=N–C) groups is 1. The summed E-state index contributed by atoms with van der Waals surface area (Å²) in [6.45, 7) is 0.711. The van der Waals surface area contributed by atoms with Gasteiger partial charge in [-0.15, -0.1) is 0 Å². The first kappa shape index (κ1) is 16.9. The molecular weight excluding hydrogens is 300 g/mol. The Balaban J connectivity index is 2.02. The van der Waals surface area contributed by atoms with E-state index >= 15 is 0 Å². The molecule has 0 unspecified atom stereocenters. The number of anilines is 1. The molecule has 5 nitrogen and oxygen atoms in total. The molecule has 1 aromatic carbocycles. The van der Waals surface area contributed by atoms with Crippen LogP contribution in [-0.2, 0) is 0 Å². The largest absolute Gasteiger partial charge is 0.495 e. The number of ether oxygens (including phenoxy) is 1. The number of nitrogens with zero attached hydrogens (tertiary/aromatic N) is 2. The van der Waals surface area contributed by atoms with Crippen LogP contribution >= 0.6 is 11.6 Å². The average molecular weight is 325 g/mol. The summed E-state index contributed by atoms with van der Waals surface area (Å²) in [5.74, 6) is 1.05. The van der Waals surface area contributed by atoms with Crippen molar-refractivity contribution in [2.45, 2.75) is 31.2 Å². The maximum Gasteiger partial charge on any atom is 0.193 e. The second kappa shape index (κ2) is 7.20. The standard InChI is InChI=1S/C16H25ClN4O/c1-21(2)16(8-4-5-9-16)11-19-15(18)20-12-6-7-14(22-3)13(17)10-12/h6-7,10H,4-5,8-9,11H2,1-3H3,(H3,18,19,20). The molecule has 1 aliphatic rings. The highest BCUT2D eigenvalue weighted by molar-refractivity contribution is 6.32. The van der Waals surface area contributed by atoms with Gasteiger partial charge < -0.3 is 20.7 Å². The smallest absolute Gasteiger partial charge is 0.193 e. The van der Waals surface area contributed by atoms with Crippen LogP contribution in [0, 0.1) is 0 Å². The van der Waals surface area contributed by atoms with Crippen molar-refractivity contribution in [1.29, 1.82) is 0 Å². The van der Waals surface area contributed by atoms with Crippen LogP contribution in [0.1, 0.15) is 25.7 Å². The van der Waals surface area contributed by atoms with E-state index in [2.05, 4.69) is 29.3 Å². The second-order valence-corrected chi connectivity index (χ2v) is 6.41. The molecule has 1 aromatic rings. The van der Waals surface area contributed by atoms with E-state index in [0.717, 1.165) is 5.69 Å². The van der Waals surface area contributed by atoms with Crippen LogP contribution in [-0.4, -0.2) is 44.1 Å². The zero-order chi connectivity index (χ0) is 16.2. The number of hydrogen-bond donors (Lipinski definition) is 2. The van der Waals surface area contributed by atoms with Gasteiger partial charge in [0.25, 0.3) is 0 Å². The Morgan fingerprint density at radius 3 is 2.64 bits per heavy atom. The number of guanidine groups is 1. The zero-order valence-electron chi connectivity index (χ0n) is 13.5. The van der Waals surface area contributed by atoms with Crippen molar-refractivity contribution in [3.05, 3.63) is 23.2 Å². The van der Waals surface area contributed by atoms with Crippen LogP contribution in [0.15, 0.2) is 23.2 Å². The van der Waals surface area contributed by atoms with Gasteiger partial charge in [-0.2, -0.15) is 0 Å². The Morgan fingerprint density at radius 2 is 2.09 bits per heavy atom. The summed E-state index contributed by atoms with van der Waals surface area (Å²) in [4.78, 5) is 6.81. The Morgan fingerprint density at radius 1 is 1.41 bits per heavy atom. The lowest BCUT2D eigenvalue weighted by Crippen LogP contribution is -2.45. The van der Waals surface area contributed by atoms with E-state index in [0.29, 0.717) is 23.3 Å². The van der Waals surface area contributed by atoms with Crippen molar-refractivity contribution in [3.63, 3.8) is 0 Å². The Hall–Kier alpha value is -1.46. The van der Waals surface area contributed by atoms with E-state index in [1.54, 1.807) is 19.2 Å². The van der Waals surface area contributed by atoms with E-state index in [1.165, 1.54) is 25.7 Å². The molecule has 3 N–H and O–H groups in total. The first-order valence-electron chi connectivity index (χ1n) is 7.55. The molecule has 2 rings (SSSR count). The van der Waals surface area contributed by atoms with Crippen LogP contribution in [0.3, 0.4) is 0 Å². The van der Waals surface area contributed by atoms with E-state index in [9.17, 15) is 0 Å². The fraction of sp³-hybridized carbons (Fsp3) is 0.562. The maximum atomic E-state index is 6.10. The minimum absolute atomic E-state index is 0.143. The molecule has 0 amide bonds. The predicted molar refractivity (Wildman–Crippen MR) is 93.0 cm³/mol. The summed E-state index contributed by atoms with van der Waals surface area (Å²) >= 11 is 6.10. The summed E-state index contributed by atoms with van der Waals surface area (Å²) in [7, 11) is 5.83. The first-order chi connectivity index (χ1) is 10.5. The first-order valence-corrected chi connectivity index (χ1v) is 7.92. The number of rotatable bonds is 5. The molecule has 122 valence electrons. The van der Waals surface area contributed by atoms with Gasteiger partial charge in [-0.1, -0.05) is 24.4 Å². The van der Waals surface area contributed by atoms with Crippen molar-refractivity contribution < 1.29 is 4.74 Å². The fourth-order valence-electron chi connectivity index (χ4n) is 2.94. The molecule has 0 bridgehead atoms. The molecule has 1 aliphatic carbocycles. The van der Waals surface area contributed by atoms with E-state index in [1.807, 2.05) is 6.07 Å². The van der Waals surface area contributed by atoms with Crippen molar-refractivity contribution in [3.8, 4) is 5.75 Å². The summed E-state index contributed by atoms with van der Waals surface area (Å²) in [6, 6.07) is 5.45. The number of nitrogens with two attached hydrogens (primary N) is 1. The number of methoxy groups -OCH3 is 1. The lowest BCUT2D eigenvalue weighted by atomic mass is 9.96. The van der Waals surface area contributed by atoms with Gasteiger partial charge in [0.2, 0.25) is 0 Å². The molecule has 0 aliphatic heterocycles. The third-order valence-corrected chi connectivity index (χ3v) is 4.75. The maximum absolute atomic E-state index is 6.10. The van der Waals surface area contributed by atoms with Gasteiger partial charge in [-0.25, -0.2) is 0 Å². The number of halogens is 1.